The molecule has 12 heavy (non-hydrogen) atoms. The van der Waals surface area contributed by atoms with Gasteiger partial charge in [0.05, 0.1) is 12.0 Å². The van der Waals surface area contributed by atoms with Gasteiger partial charge in [0, 0.05) is 6.26 Å². The SMILES string of the molecule is CSOc1ccc2c(c1)CCC2. The van der Waals surface area contributed by atoms with Crippen LogP contribution in [-0.4, -0.2) is 6.26 Å². The molecule has 0 unspecified atom stereocenters. The van der Waals surface area contributed by atoms with Crippen molar-refractivity contribution in [1.29, 1.82) is 0 Å². The van der Waals surface area contributed by atoms with Crippen LogP contribution < -0.4 is 4.18 Å². The first-order valence-electron chi connectivity index (χ1n) is 4.22. The number of benzene rings is 1. The van der Waals surface area contributed by atoms with Crippen molar-refractivity contribution < 1.29 is 4.18 Å². The van der Waals surface area contributed by atoms with Crippen LogP contribution in [0.25, 0.3) is 0 Å². The van der Waals surface area contributed by atoms with Crippen molar-refractivity contribution in [2.45, 2.75) is 19.3 Å². The van der Waals surface area contributed by atoms with Crippen LogP contribution in [0.4, 0.5) is 0 Å². The molecule has 0 bridgehead atoms. The van der Waals surface area contributed by atoms with Crippen LogP contribution in [0.2, 0.25) is 0 Å². The summed E-state index contributed by atoms with van der Waals surface area (Å²) in [7, 11) is 0. The molecule has 64 valence electrons. The summed E-state index contributed by atoms with van der Waals surface area (Å²) in [6, 6.07) is 6.41. The first-order chi connectivity index (χ1) is 5.90. The fourth-order valence-electron chi connectivity index (χ4n) is 1.70. The molecule has 0 radical (unpaired) electrons. The molecule has 1 aromatic rings. The van der Waals surface area contributed by atoms with E-state index in [2.05, 4.69) is 18.2 Å². The first-order valence-corrected chi connectivity index (χ1v) is 5.37. The van der Waals surface area contributed by atoms with Gasteiger partial charge in [-0.25, -0.2) is 0 Å². The van der Waals surface area contributed by atoms with Gasteiger partial charge in [0.2, 0.25) is 0 Å². The maximum atomic E-state index is 5.35. The Morgan fingerprint density at radius 2 is 2.08 bits per heavy atom. The van der Waals surface area contributed by atoms with Crippen molar-refractivity contribution in [3.63, 3.8) is 0 Å². The topological polar surface area (TPSA) is 9.23 Å². The molecule has 0 N–H and O–H groups in total. The summed E-state index contributed by atoms with van der Waals surface area (Å²) >= 11 is 1.40. The molecule has 0 heterocycles. The zero-order valence-corrected chi connectivity index (χ0v) is 7.99. The van der Waals surface area contributed by atoms with Crippen LogP contribution in [0, 0.1) is 0 Å². The van der Waals surface area contributed by atoms with E-state index in [-0.39, 0.29) is 0 Å². The van der Waals surface area contributed by atoms with Crippen LogP contribution in [0.3, 0.4) is 0 Å². The molecule has 0 fully saturated rings. The van der Waals surface area contributed by atoms with Crippen molar-refractivity contribution in [2.24, 2.45) is 0 Å². The van der Waals surface area contributed by atoms with E-state index >= 15 is 0 Å². The molecule has 0 aliphatic heterocycles. The van der Waals surface area contributed by atoms with Gasteiger partial charge in [-0.2, -0.15) is 0 Å². The number of rotatable bonds is 2. The maximum Gasteiger partial charge on any atom is 0.137 e. The lowest BCUT2D eigenvalue weighted by molar-refractivity contribution is 0.649. The summed E-state index contributed by atoms with van der Waals surface area (Å²) in [4.78, 5) is 0. The van der Waals surface area contributed by atoms with E-state index in [1.165, 1.54) is 42.4 Å². The molecule has 0 aromatic heterocycles. The van der Waals surface area contributed by atoms with E-state index in [9.17, 15) is 0 Å². The molecule has 1 aliphatic rings. The van der Waals surface area contributed by atoms with E-state index in [0.717, 1.165) is 5.75 Å². The third kappa shape index (κ3) is 1.44. The largest absolute Gasteiger partial charge is 0.426 e. The molecule has 0 amide bonds. The number of aryl methyl sites for hydroxylation is 2. The van der Waals surface area contributed by atoms with E-state index in [1.54, 1.807) is 0 Å². The van der Waals surface area contributed by atoms with Crippen molar-refractivity contribution in [3.8, 4) is 5.75 Å². The predicted octanol–water partition coefficient (Wildman–Crippen LogP) is 2.83. The van der Waals surface area contributed by atoms with Crippen molar-refractivity contribution in [2.75, 3.05) is 6.26 Å². The summed E-state index contributed by atoms with van der Waals surface area (Å²) in [6.07, 6.45) is 5.71. The molecule has 0 atom stereocenters. The quantitative estimate of drug-likeness (QED) is 0.647. The predicted molar refractivity (Wildman–Crippen MR) is 52.6 cm³/mol. The molecule has 1 aliphatic carbocycles. The highest BCUT2D eigenvalue weighted by atomic mass is 32.2. The van der Waals surface area contributed by atoms with Crippen molar-refractivity contribution >= 4 is 12.0 Å². The van der Waals surface area contributed by atoms with Crippen LogP contribution in [-0.2, 0) is 12.8 Å². The third-order valence-electron chi connectivity index (χ3n) is 2.25. The van der Waals surface area contributed by atoms with Gasteiger partial charge in [0.1, 0.15) is 5.75 Å². The smallest absolute Gasteiger partial charge is 0.137 e. The van der Waals surface area contributed by atoms with Crippen LogP contribution in [0.1, 0.15) is 17.5 Å². The lowest BCUT2D eigenvalue weighted by Gasteiger charge is -2.03. The third-order valence-corrected chi connectivity index (χ3v) is 2.61. The highest BCUT2D eigenvalue weighted by molar-refractivity contribution is 7.94. The van der Waals surface area contributed by atoms with Gasteiger partial charge in [-0.05, 0) is 42.5 Å². The van der Waals surface area contributed by atoms with Gasteiger partial charge in [-0.3, -0.25) is 0 Å². The summed E-state index contributed by atoms with van der Waals surface area (Å²) < 4.78 is 5.35. The minimum Gasteiger partial charge on any atom is -0.426 e. The molecule has 1 aromatic carbocycles. The van der Waals surface area contributed by atoms with E-state index in [0.29, 0.717) is 0 Å². The Bertz CT molecular complexity index is 283. The molecule has 2 heteroatoms. The standard InChI is InChI=1S/C10H12OS/c1-12-11-10-6-5-8-3-2-4-9(8)7-10/h5-7H,2-4H2,1H3. The minimum atomic E-state index is 0.989. The lowest BCUT2D eigenvalue weighted by atomic mass is 10.1. The Kier molecular flexibility index (Phi) is 2.26. The van der Waals surface area contributed by atoms with Crippen LogP contribution in [0.15, 0.2) is 18.2 Å². The van der Waals surface area contributed by atoms with Crippen LogP contribution in [0.5, 0.6) is 5.75 Å². The average molecular weight is 180 g/mol. The summed E-state index contributed by atoms with van der Waals surface area (Å²) in [6.45, 7) is 0. The fourth-order valence-corrected chi connectivity index (χ4v) is 1.99. The number of hydrogen-bond acceptors (Lipinski definition) is 2. The van der Waals surface area contributed by atoms with Gasteiger partial charge in [-0.15, -0.1) is 0 Å². The maximum absolute atomic E-state index is 5.35. The van der Waals surface area contributed by atoms with E-state index in [1.807, 2.05) is 6.26 Å². The van der Waals surface area contributed by atoms with Gasteiger partial charge in [0.25, 0.3) is 0 Å². The minimum absolute atomic E-state index is 0.989. The summed E-state index contributed by atoms with van der Waals surface area (Å²) in [5.41, 5.74) is 2.98. The zero-order valence-electron chi connectivity index (χ0n) is 7.17. The van der Waals surface area contributed by atoms with Crippen molar-refractivity contribution in [1.82, 2.24) is 0 Å². The fraction of sp³-hybridized carbons (Fsp3) is 0.400. The highest BCUT2D eigenvalue weighted by Crippen LogP contribution is 2.26. The second-order valence-electron chi connectivity index (χ2n) is 3.03. The molecule has 0 spiro atoms. The zero-order chi connectivity index (χ0) is 8.39. The van der Waals surface area contributed by atoms with Gasteiger partial charge in [0.15, 0.2) is 0 Å². The van der Waals surface area contributed by atoms with Gasteiger partial charge < -0.3 is 4.18 Å². The lowest BCUT2D eigenvalue weighted by Crippen LogP contribution is -1.84. The number of hydrogen-bond donors (Lipinski definition) is 0. The van der Waals surface area contributed by atoms with Crippen molar-refractivity contribution in [3.05, 3.63) is 29.3 Å². The van der Waals surface area contributed by atoms with E-state index in [4.69, 9.17) is 4.18 Å². The summed E-state index contributed by atoms with van der Waals surface area (Å²) in [5.74, 6) is 0.989. The molecule has 2 rings (SSSR count). The summed E-state index contributed by atoms with van der Waals surface area (Å²) in [5, 5.41) is 0. The van der Waals surface area contributed by atoms with Gasteiger partial charge >= 0.3 is 0 Å². The average Bonchev–Trinajstić information content (AvgIpc) is 2.51. The molecule has 0 saturated carbocycles. The molecular formula is C10H12OS. The monoisotopic (exact) mass is 180 g/mol. The normalized spacial score (nSPS) is 14.4. The number of fused-ring (bicyclic) bond motifs is 1. The molecule has 0 saturated heterocycles. The first kappa shape index (κ1) is 7.99. The Hall–Kier alpha value is -0.630. The second kappa shape index (κ2) is 3.40. The Morgan fingerprint density at radius 1 is 1.25 bits per heavy atom. The second-order valence-corrected chi connectivity index (χ2v) is 3.53. The van der Waals surface area contributed by atoms with Gasteiger partial charge in [-0.1, -0.05) is 6.07 Å². The Labute approximate surface area is 77.3 Å². The Balaban J connectivity index is 2.26. The Morgan fingerprint density at radius 3 is 2.92 bits per heavy atom. The highest BCUT2D eigenvalue weighted by Gasteiger charge is 2.10. The van der Waals surface area contributed by atoms with Crippen LogP contribution >= 0.6 is 12.0 Å². The van der Waals surface area contributed by atoms with E-state index < -0.39 is 0 Å². The molecular weight excluding hydrogens is 168 g/mol. The molecule has 1 nitrogen and oxygen atoms in total.